The third-order valence-corrected chi connectivity index (χ3v) is 2.28. The molecule has 0 aliphatic carbocycles. The zero-order valence-corrected chi connectivity index (χ0v) is 8.84. The van der Waals surface area contributed by atoms with Crippen molar-refractivity contribution in [2.24, 2.45) is 5.73 Å². The molecule has 0 saturated carbocycles. The van der Waals surface area contributed by atoms with Gasteiger partial charge in [0.1, 0.15) is 0 Å². The molecule has 7 heteroatoms. The molecule has 0 amide bonds. The number of hydrogen-bond acceptors (Lipinski definition) is 5. The maximum Gasteiger partial charge on any atom is 0.337 e. The van der Waals surface area contributed by atoms with Crippen molar-refractivity contribution in [3.63, 3.8) is 0 Å². The second kappa shape index (κ2) is 4.22. The van der Waals surface area contributed by atoms with Gasteiger partial charge in [0.25, 0.3) is 0 Å². The number of aromatic carboxylic acids is 1. The highest BCUT2D eigenvalue weighted by molar-refractivity contribution is 5.90. The van der Waals surface area contributed by atoms with Crippen LogP contribution in [0.25, 0.3) is 11.4 Å². The first-order valence-corrected chi connectivity index (χ1v) is 4.86. The maximum absolute atomic E-state index is 11.0. The standard InChI is InChI=1S/C10H11N5O2/c11-4-8-5(9(16)17)3-7(14-8)6-1-2-13-10(12)15-6/h1-3,14H,4,11H2,(H,16,17)(H2,12,13,15). The van der Waals surface area contributed by atoms with Gasteiger partial charge >= 0.3 is 5.97 Å². The van der Waals surface area contributed by atoms with E-state index in [1.165, 1.54) is 12.3 Å². The van der Waals surface area contributed by atoms with Gasteiger partial charge in [0.2, 0.25) is 5.95 Å². The average Bonchev–Trinajstić information content (AvgIpc) is 2.73. The number of hydrogen-bond donors (Lipinski definition) is 4. The summed E-state index contributed by atoms with van der Waals surface area (Å²) < 4.78 is 0. The molecule has 2 rings (SSSR count). The predicted molar refractivity (Wildman–Crippen MR) is 61.1 cm³/mol. The van der Waals surface area contributed by atoms with Crippen LogP contribution in [0.3, 0.4) is 0 Å². The molecule has 0 radical (unpaired) electrons. The molecule has 2 aromatic rings. The Balaban J connectivity index is 2.50. The molecule has 0 atom stereocenters. The molecule has 0 fully saturated rings. The van der Waals surface area contributed by atoms with Gasteiger partial charge in [0, 0.05) is 18.4 Å². The van der Waals surface area contributed by atoms with E-state index in [-0.39, 0.29) is 18.1 Å². The number of nitrogens with two attached hydrogens (primary N) is 2. The lowest BCUT2D eigenvalue weighted by Gasteiger charge is -1.97. The number of H-pyrrole nitrogens is 1. The van der Waals surface area contributed by atoms with Crippen LogP contribution in [0.2, 0.25) is 0 Å². The zero-order chi connectivity index (χ0) is 12.4. The number of carboxylic acid groups (broad SMARTS) is 1. The molecule has 88 valence electrons. The number of aromatic amines is 1. The van der Waals surface area contributed by atoms with E-state index in [9.17, 15) is 4.79 Å². The minimum absolute atomic E-state index is 0.113. The summed E-state index contributed by atoms with van der Waals surface area (Å²) >= 11 is 0. The van der Waals surface area contributed by atoms with E-state index in [1.807, 2.05) is 0 Å². The molecular weight excluding hydrogens is 222 g/mol. The van der Waals surface area contributed by atoms with Crippen molar-refractivity contribution in [3.8, 4) is 11.4 Å². The Morgan fingerprint density at radius 1 is 1.53 bits per heavy atom. The first-order chi connectivity index (χ1) is 8.11. The van der Waals surface area contributed by atoms with E-state index >= 15 is 0 Å². The van der Waals surface area contributed by atoms with Crippen molar-refractivity contribution in [2.75, 3.05) is 5.73 Å². The van der Waals surface area contributed by atoms with Crippen molar-refractivity contribution < 1.29 is 9.90 Å². The SMILES string of the molecule is NCc1[nH]c(-c2ccnc(N)n2)cc1C(=O)O. The molecule has 0 aliphatic heterocycles. The Morgan fingerprint density at radius 3 is 2.82 bits per heavy atom. The smallest absolute Gasteiger partial charge is 0.337 e. The maximum atomic E-state index is 11.0. The number of nitrogens with one attached hydrogen (secondary N) is 1. The molecule has 6 N–H and O–H groups in total. The largest absolute Gasteiger partial charge is 0.478 e. The summed E-state index contributed by atoms with van der Waals surface area (Å²) in [5, 5.41) is 8.98. The van der Waals surface area contributed by atoms with Gasteiger partial charge < -0.3 is 21.6 Å². The van der Waals surface area contributed by atoms with E-state index in [0.29, 0.717) is 17.1 Å². The van der Waals surface area contributed by atoms with Gasteiger partial charge in [-0.15, -0.1) is 0 Å². The number of rotatable bonds is 3. The summed E-state index contributed by atoms with van der Waals surface area (Å²) in [6.45, 7) is 0.113. The second-order valence-corrected chi connectivity index (χ2v) is 3.38. The summed E-state index contributed by atoms with van der Waals surface area (Å²) in [6, 6.07) is 3.11. The number of anilines is 1. The Morgan fingerprint density at radius 2 is 2.29 bits per heavy atom. The van der Waals surface area contributed by atoms with Crippen LogP contribution in [0.1, 0.15) is 16.1 Å². The summed E-state index contributed by atoms with van der Waals surface area (Å²) in [4.78, 5) is 21.6. The molecule has 7 nitrogen and oxygen atoms in total. The van der Waals surface area contributed by atoms with Crippen LogP contribution in [-0.4, -0.2) is 26.0 Å². The molecule has 0 bridgehead atoms. The number of nitrogens with zero attached hydrogens (tertiary/aromatic N) is 2. The van der Waals surface area contributed by atoms with Gasteiger partial charge in [0.15, 0.2) is 0 Å². The first kappa shape index (κ1) is 11.1. The van der Waals surface area contributed by atoms with Crippen molar-refractivity contribution in [2.45, 2.75) is 6.54 Å². The third kappa shape index (κ3) is 2.08. The van der Waals surface area contributed by atoms with Gasteiger partial charge in [-0.05, 0) is 12.1 Å². The predicted octanol–water partition coefficient (Wildman–Crippen LogP) is 0.211. The van der Waals surface area contributed by atoms with E-state index in [4.69, 9.17) is 16.6 Å². The fourth-order valence-electron chi connectivity index (χ4n) is 1.51. The van der Waals surface area contributed by atoms with Crippen molar-refractivity contribution in [1.82, 2.24) is 15.0 Å². The Kier molecular flexibility index (Phi) is 2.75. The zero-order valence-electron chi connectivity index (χ0n) is 8.84. The Hall–Kier alpha value is -2.41. The molecule has 0 saturated heterocycles. The fourth-order valence-corrected chi connectivity index (χ4v) is 1.51. The average molecular weight is 233 g/mol. The highest BCUT2D eigenvalue weighted by Gasteiger charge is 2.14. The number of carboxylic acids is 1. The Labute approximate surface area is 96.5 Å². The normalized spacial score (nSPS) is 10.4. The van der Waals surface area contributed by atoms with E-state index in [2.05, 4.69) is 15.0 Å². The molecule has 2 heterocycles. The van der Waals surface area contributed by atoms with Crippen LogP contribution in [-0.2, 0) is 6.54 Å². The number of nitrogen functional groups attached to an aromatic ring is 1. The lowest BCUT2D eigenvalue weighted by Crippen LogP contribution is -2.04. The molecule has 0 unspecified atom stereocenters. The van der Waals surface area contributed by atoms with Crippen molar-refractivity contribution in [1.29, 1.82) is 0 Å². The topological polar surface area (TPSA) is 131 Å². The molecular formula is C10H11N5O2. The summed E-state index contributed by atoms with van der Waals surface area (Å²) in [6.07, 6.45) is 1.50. The molecule has 0 aromatic carbocycles. The van der Waals surface area contributed by atoms with Crippen LogP contribution >= 0.6 is 0 Å². The summed E-state index contributed by atoms with van der Waals surface area (Å²) in [5.74, 6) is -0.904. The minimum Gasteiger partial charge on any atom is -0.478 e. The van der Waals surface area contributed by atoms with Crippen LogP contribution in [0.15, 0.2) is 18.3 Å². The van der Waals surface area contributed by atoms with Crippen molar-refractivity contribution >= 4 is 11.9 Å². The quantitative estimate of drug-likeness (QED) is 0.599. The summed E-state index contributed by atoms with van der Waals surface area (Å²) in [7, 11) is 0. The van der Waals surface area contributed by atoms with Gasteiger partial charge in [-0.25, -0.2) is 14.8 Å². The van der Waals surface area contributed by atoms with E-state index in [1.54, 1.807) is 6.07 Å². The lowest BCUT2D eigenvalue weighted by molar-refractivity contribution is 0.0696. The highest BCUT2D eigenvalue weighted by atomic mass is 16.4. The van der Waals surface area contributed by atoms with Gasteiger partial charge in [0.05, 0.1) is 17.0 Å². The van der Waals surface area contributed by atoms with Crippen LogP contribution < -0.4 is 11.5 Å². The summed E-state index contributed by atoms with van der Waals surface area (Å²) in [5.41, 5.74) is 12.6. The minimum atomic E-state index is -1.03. The molecule has 0 aliphatic rings. The van der Waals surface area contributed by atoms with E-state index < -0.39 is 5.97 Å². The second-order valence-electron chi connectivity index (χ2n) is 3.38. The fraction of sp³-hybridized carbons (Fsp3) is 0.100. The van der Waals surface area contributed by atoms with Crippen molar-refractivity contribution in [3.05, 3.63) is 29.6 Å². The van der Waals surface area contributed by atoms with Gasteiger partial charge in [-0.1, -0.05) is 0 Å². The highest BCUT2D eigenvalue weighted by Crippen LogP contribution is 2.20. The first-order valence-electron chi connectivity index (χ1n) is 4.86. The molecule has 0 spiro atoms. The van der Waals surface area contributed by atoms with Crippen LogP contribution in [0, 0.1) is 0 Å². The lowest BCUT2D eigenvalue weighted by atomic mass is 10.2. The number of aromatic nitrogens is 3. The van der Waals surface area contributed by atoms with Gasteiger partial charge in [-0.3, -0.25) is 0 Å². The number of carbonyl (C=O) groups is 1. The van der Waals surface area contributed by atoms with Crippen LogP contribution in [0.5, 0.6) is 0 Å². The van der Waals surface area contributed by atoms with E-state index in [0.717, 1.165) is 0 Å². The van der Waals surface area contributed by atoms with Gasteiger partial charge in [-0.2, -0.15) is 0 Å². The Bertz CT molecular complexity index is 564. The monoisotopic (exact) mass is 233 g/mol. The molecule has 2 aromatic heterocycles. The molecule has 17 heavy (non-hydrogen) atoms. The van der Waals surface area contributed by atoms with Crippen LogP contribution in [0.4, 0.5) is 5.95 Å². The third-order valence-electron chi connectivity index (χ3n) is 2.28.